The van der Waals surface area contributed by atoms with E-state index in [0.29, 0.717) is 0 Å². The summed E-state index contributed by atoms with van der Waals surface area (Å²) in [5.41, 5.74) is 0. The second-order valence-corrected chi connectivity index (χ2v) is 17.4. The minimum Gasteiger partial charge on any atom is -0.0656 e. The average molecular weight is 273 g/mol. The second kappa shape index (κ2) is 4.35. The molecule has 0 aliphatic heterocycles. The predicted octanol–water partition coefficient (Wildman–Crippen LogP) is 3.93. The van der Waals surface area contributed by atoms with Gasteiger partial charge in [-0.1, -0.05) is 86.1 Å². The van der Waals surface area contributed by atoms with Crippen molar-refractivity contribution in [1.29, 1.82) is 0 Å². The fraction of sp³-hybridized carbons (Fsp3) is 0.375. The van der Waals surface area contributed by atoms with Crippen molar-refractivity contribution >= 4 is 37.3 Å². The van der Waals surface area contributed by atoms with Crippen LogP contribution in [0.5, 0.6) is 0 Å². The summed E-state index contributed by atoms with van der Waals surface area (Å²) in [6, 6.07) is 14.1. The van der Waals surface area contributed by atoms with Crippen molar-refractivity contribution in [1.82, 2.24) is 0 Å². The Morgan fingerprint density at radius 2 is 0.944 bits per heavy atom. The fourth-order valence-corrected chi connectivity index (χ4v) is 4.52. The molecule has 0 radical (unpaired) electrons. The van der Waals surface area contributed by atoms with Gasteiger partial charge in [0.25, 0.3) is 0 Å². The summed E-state index contributed by atoms with van der Waals surface area (Å²) < 4.78 is 0. The quantitative estimate of drug-likeness (QED) is 0.727. The van der Waals surface area contributed by atoms with Gasteiger partial charge >= 0.3 is 0 Å². The number of benzene rings is 2. The Morgan fingerprint density at radius 1 is 0.556 bits per heavy atom. The normalized spacial score (nSPS) is 13.0. The molecule has 0 atom stereocenters. The molecule has 0 amide bonds. The van der Waals surface area contributed by atoms with E-state index in [9.17, 15) is 0 Å². The maximum Gasteiger partial charge on any atom is 0.0776 e. The van der Waals surface area contributed by atoms with E-state index >= 15 is 0 Å². The highest BCUT2D eigenvalue weighted by molar-refractivity contribution is 6.89. The molecule has 0 aromatic heterocycles. The van der Waals surface area contributed by atoms with Gasteiger partial charge in [0.1, 0.15) is 0 Å². The number of rotatable bonds is 2. The molecule has 0 aliphatic carbocycles. The monoisotopic (exact) mass is 272 g/mol. The van der Waals surface area contributed by atoms with E-state index in [0.717, 1.165) is 0 Å². The molecule has 0 aliphatic rings. The van der Waals surface area contributed by atoms with Crippen LogP contribution in [0.25, 0.3) is 10.8 Å². The van der Waals surface area contributed by atoms with E-state index in [-0.39, 0.29) is 0 Å². The molecular formula is C16H24Si2. The van der Waals surface area contributed by atoms with Gasteiger partial charge in [0.15, 0.2) is 0 Å². The van der Waals surface area contributed by atoms with Gasteiger partial charge < -0.3 is 0 Å². The van der Waals surface area contributed by atoms with Crippen LogP contribution in [0, 0.1) is 0 Å². The van der Waals surface area contributed by atoms with Crippen LogP contribution in [0.15, 0.2) is 36.4 Å². The predicted molar refractivity (Wildman–Crippen MR) is 89.9 cm³/mol. The summed E-state index contributed by atoms with van der Waals surface area (Å²) in [6.07, 6.45) is 0. The third kappa shape index (κ3) is 2.75. The van der Waals surface area contributed by atoms with Crippen LogP contribution < -0.4 is 10.4 Å². The number of hydrogen-bond acceptors (Lipinski definition) is 0. The molecule has 0 saturated carbocycles. The maximum atomic E-state index is 2.42. The van der Waals surface area contributed by atoms with E-state index in [4.69, 9.17) is 0 Å². The molecule has 2 aromatic rings. The molecule has 0 saturated heterocycles. The first-order chi connectivity index (χ1) is 8.18. The Morgan fingerprint density at radius 3 is 1.28 bits per heavy atom. The van der Waals surface area contributed by atoms with E-state index in [1.807, 2.05) is 0 Å². The fourth-order valence-electron chi connectivity index (χ4n) is 2.18. The van der Waals surface area contributed by atoms with Crippen LogP contribution in [0.2, 0.25) is 39.3 Å². The van der Waals surface area contributed by atoms with E-state index in [1.54, 1.807) is 10.4 Å². The van der Waals surface area contributed by atoms with Crippen molar-refractivity contribution < 1.29 is 0 Å². The second-order valence-electron chi connectivity index (χ2n) is 7.28. The van der Waals surface area contributed by atoms with Gasteiger partial charge in [-0.25, -0.2) is 0 Å². The molecule has 0 bridgehead atoms. The van der Waals surface area contributed by atoms with E-state index in [2.05, 4.69) is 75.7 Å². The molecule has 18 heavy (non-hydrogen) atoms. The van der Waals surface area contributed by atoms with Crippen LogP contribution in [-0.4, -0.2) is 16.1 Å². The molecule has 0 nitrogen and oxygen atoms in total. The van der Waals surface area contributed by atoms with Gasteiger partial charge in [-0.05, 0) is 10.8 Å². The molecule has 2 rings (SSSR count). The Hall–Kier alpha value is -0.866. The van der Waals surface area contributed by atoms with Crippen LogP contribution in [0.1, 0.15) is 0 Å². The first-order valence-corrected chi connectivity index (χ1v) is 13.7. The first-order valence-electron chi connectivity index (χ1n) is 6.73. The van der Waals surface area contributed by atoms with Gasteiger partial charge in [0.05, 0.1) is 16.1 Å². The Labute approximate surface area is 113 Å². The van der Waals surface area contributed by atoms with Crippen LogP contribution >= 0.6 is 0 Å². The van der Waals surface area contributed by atoms with Gasteiger partial charge in [0, 0.05) is 0 Å². The summed E-state index contributed by atoms with van der Waals surface area (Å²) in [4.78, 5) is 0. The minimum atomic E-state index is -1.20. The summed E-state index contributed by atoms with van der Waals surface area (Å²) in [7, 11) is -2.40. The largest absolute Gasteiger partial charge is 0.0776 e. The van der Waals surface area contributed by atoms with Crippen molar-refractivity contribution in [2.24, 2.45) is 0 Å². The van der Waals surface area contributed by atoms with Crippen molar-refractivity contribution in [3.8, 4) is 0 Å². The molecule has 0 unspecified atom stereocenters. The molecule has 0 spiro atoms. The Kier molecular flexibility index (Phi) is 3.28. The molecule has 0 fully saturated rings. The van der Waals surface area contributed by atoms with Crippen LogP contribution in [-0.2, 0) is 0 Å². The standard InChI is InChI=1S/C16H24Si2/c1-17(2,3)15-9-7-13-8-10-16(18(4,5)6)12-14(13)11-15/h7-12H,1-6H3. The molecule has 0 N–H and O–H groups in total. The zero-order chi connectivity index (χ0) is 13.6. The van der Waals surface area contributed by atoms with Crippen molar-refractivity contribution in [3.05, 3.63) is 36.4 Å². The summed E-state index contributed by atoms with van der Waals surface area (Å²) in [5, 5.41) is 5.92. The Balaban J connectivity index is 2.61. The Bertz CT molecular complexity index is 523. The molecule has 0 heterocycles. The highest BCUT2D eigenvalue weighted by atomic mass is 28.3. The summed E-state index contributed by atoms with van der Waals surface area (Å²) >= 11 is 0. The van der Waals surface area contributed by atoms with Gasteiger partial charge in [-0.15, -0.1) is 0 Å². The summed E-state index contributed by atoms with van der Waals surface area (Å²) in [5.74, 6) is 0. The molecule has 96 valence electrons. The smallest absolute Gasteiger partial charge is 0.0656 e. The highest BCUT2D eigenvalue weighted by Gasteiger charge is 2.18. The lowest BCUT2D eigenvalue weighted by Crippen LogP contribution is -2.38. The average Bonchev–Trinajstić information content (AvgIpc) is 2.25. The van der Waals surface area contributed by atoms with E-state index in [1.165, 1.54) is 10.8 Å². The van der Waals surface area contributed by atoms with Gasteiger partial charge in [-0.2, -0.15) is 0 Å². The highest BCUT2D eigenvalue weighted by Crippen LogP contribution is 2.15. The maximum absolute atomic E-state index is 2.42. The lowest BCUT2D eigenvalue weighted by molar-refractivity contribution is 1.69. The molecular weight excluding hydrogens is 248 g/mol. The molecule has 2 aromatic carbocycles. The number of hydrogen-bond donors (Lipinski definition) is 0. The zero-order valence-corrected chi connectivity index (χ0v) is 14.5. The topological polar surface area (TPSA) is 0 Å². The first kappa shape index (κ1) is 13.6. The van der Waals surface area contributed by atoms with Crippen molar-refractivity contribution in [3.63, 3.8) is 0 Å². The van der Waals surface area contributed by atoms with Crippen molar-refractivity contribution in [2.75, 3.05) is 0 Å². The van der Waals surface area contributed by atoms with Gasteiger partial charge in [-0.3, -0.25) is 0 Å². The third-order valence-electron chi connectivity index (χ3n) is 3.57. The van der Waals surface area contributed by atoms with E-state index < -0.39 is 16.1 Å². The summed E-state index contributed by atoms with van der Waals surface area (Å²) in [6.45, 7) is 14.5. The SMILES string of the molecule is C[Si](C)(C)c1ccc2ccc([Si](C)(C)C)cc2c1. The van der Waals surface area contributed by atoms with Crippen molar-refractivity contribution in [2.45, 2.75) is 39.3 Å². The molecule has 2 heteroatoms. The van der Waals surface area contributed by atoms with Crippen LogP contribution in [0.3, 0.4) is 0 Å². The minimum absolute atomic E-state index is 1.20. The number of fused-ring (bicyclic) bond motifs is 1. The third-order valence-corrected chi connectivity index (χ3v) is 7.66. The van der Waals surface area contributed by atoms with Crippen LogP contribution in [0.4, 0.5) is 0 Å². The lowest BCUT2D eigenvalue weighted by atomic mass is 10.1. The lowest BCUT2D eigenvalue weighted by Gasteiger charge is -2.19. The zero-order valence-electron chi connectivity index (χ0n) is 12.5. The van der Waals surface area contributed by atoms with Gasteiger partial charge in [0.2, 0.25) is 0 Å².